The van der Waals surface area contributed by atoms with Gasteiger partial charge in [-0.15, -0.1) is 0 Å². The van der Waals surface area contributed by atoms with Crippen LogP contribution in [-0.4, -0.2) is 49.5 Å². The molecule has 0 aliphatic rings. The van der Waals surface area contributed by atoms with E-state index in [1.165, 1.54) is 9.21 Å². The Hall–Kier alpha value is -2.00. The molecular formula is C27H36Cl3N3O4S. The number of hydrogen-bond acceptors (Lipinski definition) is 4. The van der Waals surface area contributed by atoms with E-state index in [9.17, 15) is 18.0 Å². The van der Waals surface area contributed by atoms with E-state index in [-0.39, 0.29) is 37.7 Å². The first kappa shape index (κ1) is 32.2. The lowest BCUT2D eigenvalue weighted by Crippen LogP contribution is -2.53. The molecule has 2 amide bonds. The van der Waals surface area contributed by atoms with Crippen LogP contribution in [0.1, 0.15) is 58.1 Å². The van der Waals surface area contributed by atoms with Gasteiger partial charge in [0.1, 0.15) is 6.04 Å². The summed E-state index contributed by atoms with van der Waals surface area (Å²) in [5, 5.41) is 4.16. The van der Waals surface area contributed by atoms with Crippen molar-refractivity contribution in [2.45, 2.75) is 72.0 Å². The smallest absolute Gasteiger partial charge is 0.243 e. The fourth-order valence-electron chi connectivity index (χ4n) is 4.06. The Morgan fingerprint density at radius 1 is 1.03 bits per heavy atom. The zero-order valence-corrected chi connectivity index (χ0v) is 25.7. The third-order valence-corrected chi connectivity index (χ3v) is 8.21. The fourth-order valence-corrected chi connectivity index (χ4v) is 5.56. The van der Waals surface area contributed by atoms with E-state index in [0.29, 0.717) is 32.7 Å². The summed E-state index contributed by atoms with van der Waals surface area (Å²) in [5.41, 5.74) is 1.35. The van der Waals surface area contributed by atoms with Gasteiger partial charge in [-0.25, -0.2) is 8.42 Å². The van der Waals surface area contributed by atoms with Gasteiger partial charge in [0.25, 0.3) is 0 Å². The Balaban J connectivity index is 2.30. The van der Waals surface area contributed by atoms with E-state index < -0.39 is 21.6 Å². The molecule has 0 fully saturated rings. The van der Waals surface area contributed by atoms with Gasteiger partial charge in [0, 0.05) is 30.1 Å². The maximum atomic E-state index is 13.6. The van der Waals surface area contributed by atoms with Crippen LogP contribution < -0.4 is 9.62 Å². The summed E-state index contributed by atoms with van der Waals surface area (Å²) in [6.07, 6.45) is 1.79. The van der Waals surface area contributed by atoms with Gasteiger partial charge in [-0.05, 0) is 75.9 Å². The molecule has 0 aliphatic heterocycles. The van der Waals surface area contributed by atoms with Crippen molar-refractivity contribution in [1.29, 1.82) is 0 Å². The Kier molecular flexibility index (Phi) is 11.3. The van der Waals surface area contributed by atoms with Crippen molar-refractivity contribution in [3.05, 3.63) is 62.6 Å². The lowest BCUT2D eigenvalue weighted by atomic mass is 10.0. The second-order valence-electron chi connectivity index (χ2n) is 10.3. The summed E-state index contributed by atoms with van der Waals surface area (Å²) in [5.74, 6) is -0.538. The highest BCUT2D eigenvalue weighted by Gasteiger charge is 2.31. The third kappa shape index (κ3) is 9.04. The molecule has 0 saturated heterocycles. The molecule has 11 heteroatoms. The molecule has 1 unspecified atom stereocenters. The van der Waals surface area contributed by atoms with E-state index in [2.05, 4.69) is 5.32 Å². The molecule has 0 aromatic heterocycles. The van der Waals surface area contributed by atoms with Gasteiger partial charge in [-0.2, -0.15) is 0 Å². The second-order valence-corrected chi connectivity index (χ2v) is 13.4. The molecule has 2 aromatic carbocycles. The molecule has 210 valence electrons. The van der Waals surface area contributed by atoms with Gasteiger partial charge >= 0.3 is 0 Å². The molecule has 0 heterocycles. The number of sulfonamides is 1. The number of anilines is 1. The van der Waals surface area contributed by atoms with Crippen molar-refractivity contribution < 1.29 is 18.0 Å². The van der Waals surface area contributed by atoms with E-state index in [4.69, 9.17) is 34.8 Å². The molecule has 2 aromatic rings. The van der Waals surface area contributed by atoms with Crippen molar-refractivity contribution in [1.82, 2.24) is 10.2 Å². The van der Waals surface area contributed by atoms with E-state index in [1.54, 1.807) is 43.3 Å². The van der Waals surface area contributed by atoms with Crippen molar-refractivity contribution in [3.63, 3.8) is 0 Å². The van der Waals surface area contributed by atoms with Crippen molar-refractivity contribution >= 4 is 62.3 Å². The van der Waals surface area contributed by atoms with Crippen LogP contribution >= 0.6 is 34.8 Å². The monoisotopic (exact) mass is 603 g/mol. The van der Waals surface area contributed by atoms with Gasteiger partial charge in [0.15, 0.2) is 0 Å². The number of hydrogen-bond donors (Lipinski definition) is 1. The summed E-state index contributed by atoms with van der Waals surface area (Å²) >= 11 is 18.5. The third-order valence-electron chi connectivity index (χ3n) is 5.88. The van der Waals surface area contributed by atoms with Gasteiger partial charge in [-0.1, -0.05) is 53.9 Å². The number of benzene rings is 2. The highest BCUT2D eigenvalue weighted by atomic mass is 35.5. The Bertz CT molecular complexity index is 1260. The minimum atomic E-state index is -3.63. The summed E-state index contributed by atoms with van der Waals surface area (Å²) in [4.78, 5) is 28.2. The summed E-state index contributed by atoms with van der Waals surface area (Å²) in [7, 11) is -3.63. The molecule has 2 rings (SSSR count). The molecule has 1 N–H and O–H groups in total. The van der Waals surface area contributed by atoms with Gasteiger partial charge in [0.2, 0.25) is 21.8 Å². The van der Waals surface area contributed by atoms with Crippen molar-refractivity contribution in [3.8, 4) is 0 Å². The normalized spacial score (nSPS) is 12.7. The summed E-state index contributed by atoms with van der Waals surface area (Å²) in [6, 6.07) is 9.42. The van der Waals surface area contributed by atoms with E-state index in [0.717, 1.165) is 11.8 Å². The predicted molar refractivity (Wildman–Crippen MR) is 157 cm³/mol. The number of halogens is 3. The SMILES string of the molecule is CCC(C(=O)NC(C)(C)C)N(Cc1ccc(Cl)c(Cl)c1)C(=O)CCCN(c1cccc(Cl)c1C)S(C)(=O)=O. The number of carbonyl (C=O) groups is 2. The second kappa shape index (κ2) is 13.4. The number of nitrogens with zero attached hydrogens (tertiary/aromatic N) is 2. The Morgan fingerprint density at radius 3 is 2.24 bits per heavy atom. The minimum absolute atomic E-state index is 0.0340. The minimum Gasteiger partial charge on any atom is -0.350 e. The lowest BCUT2D eigenvalue weighted by molar-refractivity contribution is -0.142. The van der Waals surface area contributed by atoms with E-state index >= 15 is 0 Å². The number of carbonyl (C=O) groups excluding carboxylic acids is 2. The van der Waals surface area contributed by atoms with E-state index in [1.807, 2.05) is 27.7 Å². The molecule has 0 saturated carbocycles. The first-order valence-electron chi connectivity index (χ1n) is 12.3. The molecule has 7 nitrogen and oxygen atoms in total. The van der Waals surface area contributed by atoms with Crippen LogP contribution in [0.2, 0.25) is 15.1 Å². The van der Waals surface area contributed by atoms with Crippen molar-refractivity contribution in [2.75, 3.05) is 17.1 Å². The molecule has 1 atom stereocenters. The maximum absolute atomic E-state index is 13.6. The first-order valence-corrected chi connectivity index (χ1v) is 15.3. The molecule has 0 spiro atoms. The maximum Gasteiger partial charge on any atom is 0.243 e. The lowest BCUT2D eigenvalue weighted by Gasteiger charge is -2.33. The van der Waals surface area contributed by atoms with Crippen LogP contribution in [0.3, 0.4) is 0 Å². The van der Waals surface area contributed by atoms with Crippen LogP contribution in [0.5, 0.6) is 0 Å². The van der Waals surface area contributed by atoms with Crippen LogP contribution in [0.15, 0.2) is 36.4 Å². The zero-order chi connectivity index (χ0) is 28.8. The molecule has 38 heavy (non-hydrogen) atoms. The standard InChI is InChI=1S/C27H36Cl3N3O4S/c1-7-23(26(35)31-27(3,4)5)32(17-19-13-14-21(29)22(30)16-19)25(34)12-9-15-33(38(6,36)37)24-11-8-10-20(28)18(24)2/h8,10-11,13-14,16,23H,7,9,12,15,17H2,1-6H3,(H,31,35). The summed E-state index contributed by atoms with van der Waals surface area (Å²) < 4.78 is 26.4. The highest BCUT2D eigenvalue weighted by molar-refractivity contribution is 7.92. The summed E-state index contributed by atoms with van der Waals surface area (Å²) in [6.45, 7) is 9.45. The highest BCUT2D eigenvalue weighted by Crippen LogP contribution is 2.29. The molecule has 0 aliphatic carbocycles. The average molecular weight is 605 g/mol. The fraction of sp³-hybridized carbons (Fsp3) is 0.481. The van der Waals surface area contributed by atoms with Gasteiger partial charge in [0.05, 0.1) is 22.0 Å². The zero-order valence-electron chi connectivity index (χ0n) is 22.6. The van der Waals surface area contributed by atoms with Crippen molar-refractivity contribution in [2.24, 2.45) is 0 Å². The average Bonchev–Trinajstić information content (AvgIpc) is 2.79. The number of rotatable bonds is 11. The quantitative estimate of drug-likeness (QED) is 0.330. The molecular weight excluding hydrogens is 569 g/mol. The topological polar surface area (TPSA) is 86.8 Å². The molecule has 0 bridgehead atoms. The van der Waals surface area contributed by atoms with Crippen LogP contribution in [0.4, 0.5) is 5.69 Å². The largest absolute Gasteiger partial charge is 0.350 e. The molecule has 0 radical (unpaired) electrons. The number of amides is 2. The van der Waals surface area contributed by atoms with Gasteiger partial charge in [-0.3, -0.25) is 13.9 Å². The van der Waals surface area contributed by atoms with Crippen LogP contribution in [0, 0.1) is 6.92 Å². The van der Waals surface area contributed by atoms with Crippen LogP contribution in [-0.2, 0) is 26.2 Å². The Labute approximate surface area is 241 Å². The Morgan fingerprint density at radius 2 is 1.68 bits per heavy atom. The van der Waals surface area contributed by atoms with Crippen LogP contribution in [0.25, 0.3) is 0 Å². The predicted octanol–water partition coefficient (Wildman–Crippen LogP) is 6.22. The first-order chi connectivity index (χ1) is 17.5. The number of nitrogens with one attached hydrogen (secondary N) is 1. The van der Waals surface area contributed by atoms with Gasteiger partial charge < -0.3 is 10.2 Å².